The fraction of sp³-hybridized carbons (Fsp3) is 0.273. The molecule has 0 saturated heterocycles. The minimum Gasteiger partial charge on any atom is -0.313 e. The summed E-state index contributed by atoms with van der Waals surface area (Å²) in [4.78, 5) is 3.93. The molecular formula is C11H10N3. The molecule has 3 nitrogen and oxygen atoms in total. The zero-order valence-corrected chi connectivity index (χ0v) is 7.75. The Hall–Kier alpha value is -1.66. The summed E-state index contributed by atoms with van der Waals surface area (Å²) in [6.07, 6.45) is 6.04. The van der Waals surface area contributed by atoms with Crippen LogP contribution in [0.15, 0.2) is 18.2 Å². The van der Waals surface area contributed by atoms with Gasteiger partial charge in [0.05, 0.1) is 6.20 Å². The number of hydrogen-bond acceptors (Lipinski definition) is 3. The maximum absolute atomic E-state index is 8.58. The van der Waals surface area contributed by atoms with Crippen molar-refractivity contribution in [2.24, 2.45) is 0 Å². The van der Waals surface area contributed by atoms with Crippen LogP contribution in [0, 0.1) is 17.5 Å². The van der Waals surface area contributed by atoms with E-state index in [0.29, 0.717) is 5.69 Å². The fourth-order valence-electron chi connectivity index (χ4n) is 1.47. The number of nitriles is 1. The van der Waals surface area contributed by atoms with Crippen molar-refractivity contribution in [2.75, 3.05) is 13.1 Å². The van der Waals surface area contributed by atoms with Crippen LogP contribution >= 0.6 is 0 Å². The first-order valence-electron chi connectivity index (χ1n) is 4.59. The molecule has 1 N–H and O–H groups in total. The highest BCUT2D eigenvalue weighted by atomic mass is 14.8. The van der Waals surface area contributed by atoms with E-state index in [0.717, 1.165) is 25.1 Å². The van der Waals surface area contributed by atoms with E-state index in [9.17, 15) is 0 Å². The van der Waals surface area contributed by atoms with Crippen LogP contribution in [0.25, 0.3) is 5.57 Å². The van der Waals surface area contributed by atoms with Gasteiger partial charge in [0.2, 0.25) is 0 Å². The molecule has 1 aromatic rings. The Balaban J connectivity index is 2.25. The molecule has 1 radical (unpaired) electrons. The molecule has 3 heteroatoms. The van der Waals surface area contributed by atoms with Gasteiger partial charge in [0, 0.05) is 12.1 Å². The van der Waals surface area contributed by atoms with Crippen LogP contribution in [0.5, 0.6) is 0 Å². The van der Waals surface area contributed by atoms with Crippen molar-refractivity contribution < 1.29 is 0 Å². The molecule has 0 atom stereocenters. The van der Waals surface area contributed by atoms with E-state index in [4.69, 9.17) is 5.26 Å². The molecule has 0 amide bonds. The molecule has 2 heterocycles. The van der Waals surface area contributed by atoms with E-state index in [1.54, 1.807) is 6.07 Å². The SMILES string of the molecule is N#Cc1ccc(C2=CCNCC2)[c]n1. The zero-order valence-electron chi connectivity index (χ0n) is 7.75. The van der Waals surface area contributed by atoms with Gasteiger partial charge < -0.3 is 5.32 Å². The van der Waals surface area contributed by atoms with E-state index < -0.39 is 0 Å². The van der Waals surface area contributed by atoms with Gasteiger partial charge >= 0.3 is 0 Å². The topological polar surface area (TPSA) is 48.7 Å². The van der Waals surface area contributed by atoms with Crippen LogP contribution in [-0.2, 0) is 0 Å². The van der Waals surface area contributed by atoms with Crippen LogP contribution in [-0.4, -0.2) is 18.1 Å². The van der Waals surface area contributed by atoms with Crippen LogP contribution in [0.4, 0.5) is 0 Å². The molecule has 0 aromatic carbocycles. The monoisotopic (exact) mass is 184 g/mol. The van der Waals surface area contributed by atoms with Crippen LogP contribution in [0.2, 0.25) is 0 Å². The second kappa shape index (κ2) is 4.03. The Labute approximate surface area is 83.1 Å². The van der Waals surface area contributed by atoms with Crippen LogP contribution in [0.1, 0.15) is 17.7 Å². The quantitative estimate of drug-likeness (QED) is 0.711. The van der Waals surface area contributed by atoms with Crippen molar-refractivity contribution in [3.05, 3.63) is 35.7 Å². The Kier molecular flexibility index (Phi) is 2.57. The average Bonchev–Trinajstić information content (AvgIpc) is 2.30. The van der Waals surface area contributed by atoms with Crippen molar-refractivity contribution >= 4 is 5.57 Å². The largest absolute Gasteiger partial charge is 0.313 e. The number of hydrogen-bond donors (Lipinski definition) is 1. The van der Waals surface area contributed by atoms with Crippen LogP contribution in [0.3, 0.4) is 0 Å². The van der Waals surface area contributed by atoms with Crippen molar-refractivity contribution in [1.82, 2.24) is 10.3 Å². The summed E-state index contributed by atoms with van der Waals surface area (Å²) in [6.45, 7) is 1.91. The molecular weight excluding hydrogens is 174 g/mol. The summed E-state index contributed by atoms with van der Waals surface area (Å²) in [6, 6.07) is 5.62. The molecule has 1 aliphatic rings. The maximum Gasteiger partial charge on any atom is 0.141 e. The van der Waals surface area contributed by atoms with E-state index in [1.165, 1.54) is 5.57 Å². The summed E-state index contributed by atoms with van der Waals surface area (Å²) < 4.78 is 0. The lowest BCUT2D eigenvalue weighted by atomic mass is 10.0. The standard InChI is InChI=1S/C11H10N3/c12-7-11-2-1-10(8-14-11)9-3-5-13-6-4-9/h1-3,13H,4-6H2. The summed E-state index contributed by atoms with van der Waals surface area (Å²) in [5.41, 5.74) is 2.69. The molecule has 0 saturated carbocycles. The number of pyridine rings is 1. The minimum absolute atomic E-state index is 0.420. The lowest BCUT2D eigenvalue weighted by molar-refractivity contribution is 0.738. The van der Waals surface area contributed by atoms with E-state index in [1.807, 2.05) is 12.1 Å². The second-order valence-electron chi connectivity index (χ2n) is 3.15. The summed E-state index contributed by atoms with van der Waals surface area (Å²) in [5, 5.41) is 11.8. The predicted octanol–water partition coefficient (Wildman–Crippen LogP) is 1.13. The highest BCUT2D eigenvalue weighted by molar-refractivity contribution is 5.65. The zero-order chi connectivity index (χ0) is 9.80. The summed E-state index contributed by atoms with van der Waals surface area (Å²) in [5.74, 6) is 0. The van der Waals surface area contributed by atoms with Gasteiger partial charge in [-0.3, -0.25) is 0 Å². The van der Waals surface area contributed by atoms with Gasteiger partial charge in [0.25, 0.3) is 0 Å². The van der Waals surface area contributed by atoms with E-state index in [2.05, 4.69) is 22.6 Å². The molecule has 1 aromatic heterocycles. The minimum atomic E-state index is 0.420. The first-order chi connectivity index (χ1) is 6.90. The highest BCUT2D eigenvalue weighted by Gasteiger charge is 2.06. The Morgan fingerprint density at radius 2 is 2.43 bits per heavy atom. The third-order valence-electron chi connectivity index (χ3n) is 2.23. The highest BCUT2D eigenvalue weighted by Crippen LogP contribution is 2.17. The van der Waals surface area contributed by atoms with Crippen LogP contribution < -0.4 is 5.32 Å². The van der Waals surface area contributed by atoms with E-state index >= 15 is 0 Å². The summed E-state index contributed by atoms with van der Waals surface area (Å²) >= 11 is 0. The van der Waals surface area contributed by atoms with Gasteiger partial charge in [-0.1, -0.05) is 6.08 Å². The lowest BCUT2D eigenvalue weighted by Crippen LogP contribution is -2.20. The van der Waals surface area contributed by atoms with Crippen molar-refractivity contribution in [1.29, 1.82) is 5.26 Å². The van der Waals surface area contributed by atoms with Crippen molar-refractivity contribution in [3.8, 4) is 6.07 Å². The molecule has 14 heavy (non-hydrogen) atoms. The molecule has 2 rings (SSSR count). The van der Waals surface area contributed by atoms with Gasteiger partial charge in [-0.15, -0.1) is 0 Å². The van der Waals surface area contributed by atoms with Gasteiger partial charge in [-0.05, 0) is 30.7 Å². The van der Waals surface area contributed by atoms with Crippen molar-refractivity contribution in [2.45, 2.75) is 6.42 Å². The number of rotatable bonds is 1. The molecule has 0 bridgehead atoms. The third-order valence-corrected chi connectivity index (χ3v) is 2.23. The van der Waals surface area contributed by atoms with Crippen molar-refractivity contribution in [3.63, 3.8) is 0 Å². The Morgan fingerprint density at radius 1 is 1.50 bits per heavy atom. The van der Waals surface area contributed by atoms with Gasteiger partial charge in [0.1, 0.15) is 11.8 Å². The molecule has 69 valence electrons. The molecule has 0 spiro atoms. The second-order valence-corrected chi connectivity index (χ2v) is 3.15. The first-order valence-corrected chi connectivity index (χ1v) is 4.59. The first kappa shape index (κ1) is 8.92. The van der Waals surface area contributed by atoms with E-state index in [-0.39, 0.29) is 0 Å². The Morgan fingerprint density at radius 3 is 3.00 bits per heavy atom. The number of nitrogens with one attached hydrogen (secondary N) is 1. The lowest BCUT2D eigenvalue weighted by Gasteiger charge is -2.13. The number of aromatic nitrogens is 1. The summed E-state index contributed by atoms with van der Waals surface area (Å²) in [7, 11) is 0. The smallest absolute Gasteiger partial charge is 0.141 e. The predicted molar refractivity (Wildman–Crippen MR) is 53.3 cm³/mol. The fourth-order valence-corrected chi connectivity index (χ4v) is 1.47. The molecule has 0 fully saturated rings. The number of nitrogens with zero attached hydrogens (tertiary/aromatic N) is 2. The molecule has 0 aliphatic carbocycles. The maximum atomic E-state index is 8.58. The molecule has 1 aliphatic heterocycles. The Bertz CT molecular complexity index is 384. The van der Waals surface area contributed by atoms with Gasteiger partial charge in [-0.2, -0.15) is 5.26 Å². The average molecular weight is 184 g/mol. The van der Waals surface area contributed by atoms with Gasteiger partial charge in [-0.25, -0.2) is 4.98 Å². The van der Waals surface area contributed by atoms with Gasteiger partial charge in [0.15, 0.2) is 0 Å². The third kappa shape index (κ3) is 1.81. The molecule has 0 unspecified atom stereocenters. The normalized spacial score (nSPS) is 15.8.